The standard InChI is InChI=1S/C19H21N3O2S2/c23-18(14-4-1-7-22(11-14)12-16-5-2-8-24-16)20-10-15-13-26-19(21-15)17-6-3-9-25-17/h2-3,5-6,8-9,13-14H,1,4,7,10-12H2,(H,20,23). The van der Waals surface area contributed by atoms with Gasteiger partial charge in [0.15, 0.2) is 0 Å². The molecule has 26 heavy (non-hydrogen) atoms. The Bertz CT molecular complexity index is 827. The van der Waals surface area contributed by atoms with Crippen molar-refractivity contribution < 1.29 is 9.21 Å². The molecule has 0 aromatic carbocycles. The molecule has 1 aliphatic heterocycles. The van der Waals surface area contributed by atoms with Crippen LogP contribution in [0.25, 0.3) is 9.88 Å². The summed E-state index contributed by atoms with van der Waals surface area (Å²) < 4.78 is 5.42. The summed E-state index contributed by atoms with van der Waals surface area (Å²) in [6.07, 6.45) is 3.68. The topological polar surface area (TPSA) is 58.4 Å². The Morgan fingerprint density at radius 2 is 2.31 bits per heavy atom. The van der Waals surface area contributed by atoms with Crippen molar-refractivity contribution in [2.24, 2.45) is 5.92 Å². The van der Waals surface area contributed by atoms with Gasteiger partial charge < -0.3 is 9.73 Å². The first-order valence-corrected chi connectivity index (χ1v) is 10.5. The van der Waals surface area contributed by atoms with Gasteiger partial charge in [0.2, 0.25) is 5.91 Å². The van der Waals surface area contributed by atoms with Gasteiger partial charge in [-0.25, -0.2) is 4.98 Å². The summed E-state index contributed by atoms with van der Waals surface area (Å²) in [6.45, 7) is 3.06. The van der Waals surface area contributed by atoms with Crippen LogP contribution in [0.15, 0.2) is 45.7 Å². The lowest BCUT2D eigenvalue weighted by Crippen LogP contribution is -2.42. The van der Waals surface area contributed by atoms with E-state index in [4.69, 9.17) is 4.42 Å². The van der Waals surface area contributed by atoms with Crippen LogP contribution in [0.1, 0.15) is 24.3 Å². The number of amides is 1. The molecule has 1 unspecified atom stereocenters. The number of thiazole rings is 1. The maximum atomic E-state index is 12.6. The number of nitrogens with zero attached hydrogens (tertiary/aromatic N) is 2. The van der Waals surface area contributed by atoms with Crippen LogP contribution in [0.3, 0.4) is 0 Å². The van der Waals surface area contributed by atoms with Crippen molar-refractivity contribution in [1.82, 2.24) is 15.2 Å². The highest BCUT2D eigenvalue weighted by atomic mass is 32.1. The second-order valence-electron chi connectivity index (χ2n) is 6.49. The summed E-state index contributed by atoms with van der Waals surface area (Å²) >= 11 is 3.31. The number of rotatable bonds is 6. The molecule has 0 radical (unpaired) electrons. The van der Waals surface area contributed by atoms with E-state index in [1.165, 1.54) is 4.88 Å². The first-order chi connectivity index (χ1) is 12.8. The molecule has 136 valence electrons. The van der Waals surface area contributed by atoms with E-state index in [1.54, 1.807) is 28.9 Å². The first-order valence-electron chi connectivity index (χ1n) is 8.78. The van der Waals surface area contributed by atoms with Crippen molar-refractivity contribution in [3.63, 3.8) is 0 Å². The van der Waals surface area contributed by atoms with Crippen molar-refractivity contribution in [3.05, 3.63) is 52.7 Å². The molecule has 0 aliphatic carbocycles. The number of carbonyl (C=O) groups excluding carboxylic acids is 1. The number of aromatic nitrogens is 1. The van der Waals surface area contributed by atoms with E-state index in [-0.39, 0.29) is 11.8 Å². The molecule has 0 bridgehead atoms. The highest BCUT2D eigenvalue weighted by molar-refractivity contribution is 7.20. The van der Waals surface area contributed by atoms with Gasteiger partial charge in [-0.2, -0.15) is 0 Å². The highest BCUT2D eigenvalue weighted by Gasteiger charge is 2.26. The summed E-state index contributed by atoms with van der Waals surface area (Å²) in [7, 11) is 0. The zero-order valence-electron chi connectivity index (χ0n) is 14.4. The lowest BCUT2D eigenvalue weighted by atomic mass is 9.97. The second kappa shape index (κ2) is 8.16. The number of carbonyl (C=O) groups is 1. The molecule has 4 rings (SSSR count). The van der Waals surface area contributed by atoms with Crippen LogP contribution >= 0.6 is 22.7 Å². The molecular weight excluding hydrogens is 366 g/mol. The van der Waals surface area contributed by atoms with Gasteiger partial charge in [-0.1, -0.05) is 6.07 Å². The number of hydrogen-bond acceptors (Lipinski definition) is 6. The molecule has 1 fully saturated rings. The maximum Gasteiger partial charge on any atom is 0.224 e. The van der Waals surface area contributed by atoms with E-state index in [9.17, 15) is 4.79 Å². The summed E-state index contributed by atoms with van der Waals surface area (Å²) in [5.74, 6) is 1.11. The average molecular weight is 388 g/mol. The minimum absolute atomic E-state index is 0.0362. The molecule has 0 spiro atoms. The zero-order chi connectivity index (χ0) is 17.8. The molecule has 1 aliphatic rings. The molecular formula is C19H21N3O2S2. The van der Waals surface area contributed by atoms with E-state index < -0.39 is 0 Å². The largest absolute Gasteiger partial charge is 0.468 e. The maximum absolute atomic E-state index is 12.6. The summed E-state index contributed by atoms with van der Waals surface area (Å²) in [6, 6.07) is 7.99. The lowest BCUT2D eigenvalue weighted by molar-refractivity contribution is -0.127. The number of furan rings is 1. The van der Waals surface area contributed by atoms with Crippen molar-refractivity contribution >= 4 is 28.6 Å². The van der Waals surface area contributed by atoms with Gasteiger partial charge in [0.1, 0.15) is 10.8 Å². The fourth-order valence-electron chi connectivity index (χ4n) is 3.26. The molecule has 1 N–H and O–H groups in total. The molecule has 1 amide bonds. The number of likely N-dealkylation sites (tertiary alicyclic amines) is 1. The van der Waals surface area contributed by atoms with Crippen LogP contribution < -0.4 is 5.32 Å². The minimum atomic E-state index is 0.0362. The third-order valence-corrected chi connectivity index (χ3v) is 6.49. The minimum Gasteiger partial charge on any atom is -0.468 e. The van der Waals surface area contributed by atoms with Crippen molar-refractivity contribution in [2.45, 2.75) is 25.9 Å². The van der Waals surface area contributed by atoms with Gasteiger partial charge in [0, 0.05) is 11.9 Å². The predicted molar refractivity (Wildman–Crippen MR) is 104 cm³/mol. The molecule has 3 aromatic heterocycles. The molecule has 0 saturated carbocycles. The Morgan fingerprint density at radius 3 is 3.12 bits per heavy atom. The molecule has 4 heterocycles. The third-order valence-electron chi connectivity index (χ3n) is 4.56. The van der Waals surface area contributed by atoms with Crippen LogP contribution in [0.4, 0.5) is 0 Å². The van der Waals surface area contributed by atoms with E-state index in [0.29, 0.717) is 6.54 Å². The summed E-state index contributed by atoms with van der Waals surface area (Å²) in [5, 5.41) is 8.16. The van der Waals surface area contributed by atoms with Gasteiger partial charge in [0.25, 0.3) is 0 Å². The van der Waals surface area contributed by atoms with Crippen LogP contribution in [-0.2, 0) is 17.9 Å². The van der Waals surface area contributed by atoms with E-state index >= 15 is 0 Å². The molecule has 1 saturated heterocycles. The quantitative estimate of drug-likeness (QED) is 0.695. The number of thiophene rings is 1. The monoisotopic (exact) mass is 387 g/mol. The Kier molecular flexibility index (Phi) is 5.48. The number of nitrogens with one attached hydrogen (secondary N) is 1. The average Bonchev–Trinajstić information content (AvgIpc) is 3.41. The lowest BCUT2D eigenvalue weighted by Gasteiger charge is -2.31. The van der Waals surface area contributed by atoms with E-state index in [1.807, 2.05) is 23.6 Å². The Balaban J connectivity index is 1.29. The van der Waals surface area contributed by atoms with Gasteiger partial charge in [-0.3, -0.25) is 9.69 Å². The van der Waals surface area contributed by atoms with E-state index in [2.05, 4.69) is 26.6 Å². The summed E-state index contributed by atoms with van der Waals surface area (Å²) in [5.41, 5.74) is 0.926. The summed E-state index contributed by atoms with van der Waals surface area (Å²) in [4.78, 5) is 20.7. The van der Waals surface area contributed by atoms with Crippen LogP contribution in [0.5, 0.6) is 0 Å². The Morgan fingerprint density at radius 1 is 1.35 bits per heavy atom. The number of piperidine rings is 1. The third kappa shape index (κ3) is 4.23. The molecule has 7 heteroatoms. The Labute approximate surface area is 160 Å². The van der Waals surface area contributed by atoms with Crippen molar-refractivity contribution in [3.8, 4) is 9.88 Å². The molecule has 1 atom stereocenters. The SMILES string of the molecule is O=C(NCc1csc(-c2cccs2)n1)C1CCCN(Cc2ccco2)C1. The van der Waals surface area contributed by atoms with Crippen LogP contribution in [0, 0.1) is 5.92 Å². The van der Waals surface area contributed by atoms with Crippen molar-refractivity contribution in [2.75, 3.05) is 13.1 Å². The fraction of sp³-hybridized carbons (Fsp3) is 0.368. The Hall–Kier alpha value is -1.96. The van der Waals surface area contributed by atoms with Crippen molar-refractivity contribution in [1.29, 1.82) is 0 Å². The fourth-order valence-corrected chi connectivity index (χ4v) is 4.89. The normalized spacial score (nSPS) is 18.1. The molecule has 5 nitrogen and oxygen atoms in total. The van der Waals surface area contributed by atoms with Gasteiger partial charge in [-0.15, -0.1) is 22.7 Å². The van der Waals surface area contributed by atoms with Crippen LogP contribution in [0.2, 0.25) is 0 Å². The predicted octanol–water partition coefficient (Wildman–Crippen LogP) is 3.99. The second-order valence-corrected chi connectivity index (χ2v) is 8.30. The van der Waals surface area contributed by atoms with Gasteiger partial charge >= 0.3 is 0 Å². The number of hydrogen-bond donors (Lipinski definition) is 1. The van der Waals surface area contributed by atoms with Gasteiger partial charge in [0.05, 0.1) is 35.8 Å². The first kappa shape index (κ1) is 17.5. The molecule has 3 aromatic rings. The smallest absolute Gasteiger partial charge is 0.224 e. The van der Waals surface area contributed by atoms with Gasteiger partial charge in [-0.05, 0) is 43.0 Å². The highest BCUT2D eigenvalue weighted by Crippen LogP contribution is 2.27. The van der Waals surface area contributed by atoms with Crippen LogP contribution in [-0.4, -0.2) is 28.9 Å². The zero-order valence-corrected chi connectivity index (χ0v) is 16.0. The van der Waals surface area contributed by atoms with E-state index in [0.717, 1.165) is 48.9 Å².